The van der Waals surface area contributed by atoms with E-state index < -0.39 is 23.3 Å². The number of esters is 1. The van der Waals surface area contributed by atoms with Crippen LogP contribution in [-0.2, 0) is 9.53 Å². The highest BCUT2D eigenvalue weighted by Crippen LogP contribution is 2.74. The highest BCUT2D eigenvalue weighted by Gasteiger charge is 2.69. The molecule has 4 heteroatoms. The Hall–Kier alpha value is -0.870. The molecule has 0 aromatic rings. The summed E-state index contributed by atoms with van der Waals surface area (Å²) in [5, 5.41) is 22.5. The minimum Gasteiger partial charge on any atom is -0.426 e. The molecule has 174 valence electrons. The number of ether oxygens (including phenoxy) is 1. The smallest absolute Gasteiger partial charge is 0.337 e. The van der Waals surface area contributed by atoms with Crippen molar-refractivity contribution in [3.63, 3.8) is 0 Å². The molecule has 0 unspecified atom stereocenters. The molecule has 0 saturated heterocycles. The summed E-state index contributed by atoms with van der Waals surface area (Å²) in [6.07, 6.45) is 9.31. The Labute approximate surface area is 187 Å². The van der Waals surface area contributed by atoms with Gasteiger partial charge in [-0.05, 0) is 78.9 Å². The number of aliphatic hydroxyl groups is 2. The standard InChI is InChI=1S/C27H42O4/c1-7-23(2)12-8-13-24(3)17(23)11-14-25(4)18-10-9-16-21(22(29)31-27(16,6)30)26(18,5)20(28)15-19(24)25/h17-20,28,30H,7-15H2,1-6H3/t17-,18-,19+,20-,23-,24-,25-,26+,27-/m0/s1. The van der Waals surface area contributed by atoms with Crippen molar-refractivity contribution in [2.24, 2.45) is 39.4 Å². The molecule has 1 aliphatic heterocycles. The summed E-state index contributed by atoms with van der Waals surface area (Å²) in [6.45, 7) is 13.5. The number of hydrogen-bond donors (Lipinski definition) is 2. The van der Waals surface area contributed by atoms with E-state index in [-0.39, 0.29) is 16.7 Å². The van der Waals surface area contributed by atoms with E-state index in [0.717, 1.165) is 12.8 Å². The van der Waals surface area contributed by atoms with Crippen molar-refractivity contribution in [2.45, 2.75) is 111 Å². The number of hydrogen-bond acceptors (Lipinski definition) is 4. The van der Waals surface area contributed by atoms with Crippen LogP contribution in [-0.4, -0.2) is 28.1 Å². The van der Waals surface area contributed by atoms with Gasteiger partial charge in [-0.25, -0.2) is 4.79 Å². The lowest BCUT2D eigenvalue weighted by atomic mass is 9.35. The molecule has 2 N–H and O–H groups in total. The van der Waals surface area contributed by atoms with Crippen LogP contribution in [0.5, 0.6) is 0 Å². The summed E-state index contributed by atoms with van der Waals surface area (Å²) in [4.78, 5) is 13.0. The first kappa shape index (κ1) is 21.9. The molecule has 1 heterocycles. The number of carbonyl (C=O) groups is 1. The van der Waals surface area contributed by atoms with Gasteiger partial charge in [-0.2, -0.15) is 0 Å². The summed E-state index contributed by atoms with van der Waals surface area (Å²) >= 11 is 0. The minimum atomic E-state index is -1.52. The molecular weight excluding hydrogens is 388 g/mol. The van der Waals surface area contributed by atoms with Crippen LogP contribution in [0.4, 0.5) is 0 Å². The largest absolute Gasteiger partial charge is 0.426 e. The number of cyclic esters (lactones) is 1. The Bertz CT molecular complexity index is 844. The Morgan fingerprint density at radius 3 is 2.32 bits per heavy atom. The summed E-state index contributed by atoms with van der Waals surface area (Å²) < 4.78 is 5.41. The Morgan fingerprint density at radius 2 is 1.65 bits per heavy atom. The van der Waals surface area contributed by atoms with Crippen molar-refractivity contribution in [2.75, 3.05) is 0 Å². The molecule has 0 amide bonds. The predicted molar refractivity (Wildman–Crippen MR) is 120 cm³/mol. The number of rotatable bonds is 1. The van der Waals surface area contributed by atoms with Gasteiger partial charge in [-0.1, -0.05) is 47.5 Å². The van der Waals surface area contributed by atoms with Gasteiger partial charge >= 0.3 is 5.97 Å². The van der Waals surface area contributed by atoms with Gasteiger partial charge in [0.15, 0.2) is 0 Å². The summed E-state index contributed by atoms with van der Waals surface area (Å²) in [6, 6.07) is 0. The first-order valence-corrected chi connectivity index (χ1v) is 12.7. The van der Waals surface area contributed by atoms with Gasteiger partial charge < -0.3 is 14.9 Å². The fourth-order valence-electron chi connectivity index (χ4n) is 10.1. The second-order valence-corrected chi connectivity index (χ2v) is 12.9. The molecule has 3 saturated carbocycles. The normalized spacial score (nSPS) is 56.3. The van der Waals surface area contributed by atoms with Gasteiger partial charge in [0.1, 0.15) is 0 Å². The lowest BCUT2D eigenvalue weighted by Crippen LogP contribution is -2.65. The maximum atomic E-state index is 13.0. The average molecular weight is 431 g/mol. The molecule has 0 radical (unpaired) electrons. The van der Waals surface area contributed by atoms with Gasteiger partial charge in [0.05, 0.1) is 11.7 Å². The van der Waals surface area contributed by atoms with E-state index >= 15 is 0 Å². The highest BCUT2D eigenvalue weighted by atomic mass is 16.7. The molecule has 0 aromatic heterocycles. The zero-order valence-electron chi connectivity index (χ0n) is 20.4. The fourth-order valence-corrected chi connectivity index (χ4v) is 10.1. The number of carbonyl (C=O) groups excluding carboxylic acids is 1. The van der Waals surface area contributed by atoms with E-state index in [1.165, 1.54) is 38.5 Å². The van der Waals surface area contributed by atoms with E-state index in [1.54, 1.807) is 6.92 Å². The number of fused-ring (bicyclic) bond motifs is 6. The van der Waals surface area contributed by atoms with Gasteiger partial charge in [-0.3, -0.25) is 0 Å². The van der Waals surface area contributed by atoms with Crippen LogP contribution in [0, 0.1) is 39.4 Å². The quantitative estimate of drug-likeness (QED) is 0.549. The van der Waals surface area contributed by atoms with E-state index in [4.69, 9.17) is 4.74 Å². The van der Waals surface area contributed by atoms with Crippen molar-refractivity contribution in [1.82, 2.24) is 0 Å². The fraction of sp³-hybridized carbons (Fsp3) is 0.889. The Kier molecular flexibility index (Phi) is 4.51. The molecule has 0 bridgehead atoms. The highest BCUT2D eigenvalue weighted by molar-refractivity contribution is 5.94. The van der Waals surface area contributed by atoms with Crippen LogP contribution < -0.4 is 0 Å². The maximum Gasteiger partial charge on any atom is 0.337 e. The van der Waals surface area contributed by atoms with Crippen molar-refractivity contribution in [3.05, 3.63) is 11.1 Å². The predicted octanol–water partition coefficient (Wildman–Crippen LogP) is 5.37. The summed E-state index contributed by atoms with van der Waals surface area (Å²) in [5.41, 5.74) is 1.41. The molecular formula is C27H42O4. The van der Waals surface area contributed by atoms with Crippen molar-refractivity contribution < 1.29 is 19.7 Å². The van der Waals surface area contributed by atoms with E-state index in [1.807, 2.05) is 0 Å². The molecule has 4 nitrogen and oxygen atoms in total. The topological polar surface area (TPSA) is 66.8 Å². The summed E-state index contributed by atoms with van der Waals surface area (Å²) in [5.74, 6) is -0.513. The molecule has 5 rings (SSSR count). The average Bonchev–Trinajstić information content (AvgIpc) is 2.93. The first-order chi connectivity index (χ1) is 14.3. The van der Waals surface area contributed by atoms with Crippen LogP contribution in [0.2, 0.25) is 0 Å². The summed E-state index contributed by atoms with van der Waals surface area (Å²) in [7, 11) is 0. The monoisotopic (exact) mass is 430 g/mol. The lowest BCUT2D eigenvalue weighted by Gasteiger charge is -2.70. The first-order valence-electron chi connectivity index (χ1n) is 12.7. The molecule has 3 fully saturated rings. The lowest BCUT2D eigenvalue weighted by molar-refractivity contribution is -0.220. The second-order valence-electron chi connectivity index (χ2n) is 12.9. The molecule has 31 heavy (non-hydrogen) atoms. The molecule has 5 aliphatic rings. The van der Waals surface area contributed by atoms with Gasteiger partial charge in [0, 0.05) is 17.9 Å². The van der Waals surface area contributed by atoms with Gasteiger partial charge in [0.2, 0.25) is 5.79 Å². The third-order valence-electron chi connectivity index (χ3n) is 11.7. The molecule has 9 atom stereocenters. The van der Waals surface area contributed by atoms with Crippen molar-refractivity contribution in [3.8, 4) is 0 Å². The third-order valence-corrected chi connectivity index (χ3v) is 11.7. The maximum absolute atomic E-state index is 13.0. The minimum absolute atomic E-state index is 0.0957. The van der Waals surface area contributed by atoms with Crippen LogP contribution in [0.1, 0.15) is 99.3 Å². The molecule has 4 aliphatic carbocycles. The van der Waals surface area contributed by atoms with E-state index in [9.17, 15) is 15.0 Å². The third kappa shape index (κ3) is 2.53. The Morgan fingerprint density at radius 1 is 0.968 bits per heavy atom. The van der Waals surface area contributed by atoms with Crippen LogP contribution >= 0.6 is 0 Å². The zero-order valence-corrected chi connectivity index (χ0v) is 20.4. The Balaban J connectivity index is 1.60. The molecule has 0 spiro atoms. The molecule has 0 aromatic carbocycles. The van der Waals surface area contributed by atoms with E-state index in [2.05, 4.69) is 34.6 Å². The number of aliphatic hydroxyl groups excluding tert-OH is 1. The van der Waals surface area contributed by atoms with Crippen molar-refractivity contribution >= 4 is 5.97 Å². The zero-order chi connectivity index (χ0) is 22.6. The van der Waals surface area contributed by atoms with Crippen molar-refractivity contribution in [1.29, 1.82) is 0 Å². The second kappa shape index (κ2) is 6.38. The van der Waals surface area contributed by atoms with Crippen LogP contribution in [0.25, 0.3) is 0 Å². The van der Waals surface area contributed by atoms with Crippen LogP contribution in [0.15, 0.2) is 11.1 Å². The van der Waals surface area contributed by atoms with Gasteiger partial charge in [0.25, 0.3) is 0 Å². The SMILES string of the molecule is CC[C@@]1(C)CCC[C@]2(C)[C@H]3C[C@H](O)[C@]4(C)C5=C(CC[C@H]4[C@]3(C)CC[C@@H]12)[C@@](C)(O)OC5=O. The van der Waals surface area contributed by atoms with E-state index in [0.29, 0.717) is 34.8 Å². The van der Waals surface area contributed by atoms with Gasteiger partial charge in [-0.15, -0.1) is 0 Å². The van der Waals surface area contributed by atoms with Crippen LogP contribution in [0.3, 0.4) is 0 Å².